The van der Waals surface area contributed by atoms with Crippen molar-refractivity contribution in [3.63, 3.8) is 0 Å². The van der Waals surface area contributed by atoms with Gasteiger partial charge in [0.2, 0.25) is 0 Å². The van der Waals surface area contributed by atoms with E-state index in [0.29, 0.717) is 10.6 Å². The monoisotopic (exact) mass is 235 g/mol. The van der Waals surface area contributed by atoms with E-state index >= 15 is 0 Å². The highest BCUT2D eigenvalue weighted by molar-refractivity contribution is 6.37. The molecule has 0 amide bonds. The van der Waals surface area contributed by atoms with Crippen LogP contribution in [0.1, 0.15) is 18.5 Å². The van der Waals surface area contributed by atoms with Crippen molar-refractivity contribution in [1.29, 1.82) is 0 Å². The number of rotatable bonds is 2. The zero-order valence-electron chi connectivity index (χ0n) is 7.84. The van der Waals surface area contributed by atoms with Crippen molar-refractivity contribution in [3.05, 3.63) is 21.7 Å². The minimum atomic E-state index is -0.341. The minimum absolute atomic E-state index is 0.133. The second kappa shape index (κ2) is 4.26. The van der Waals surface area contributed by atoms with Crippen LogP contribution in [0.2, 0.25) is 10.0 Å². The first-order valence-electron chi connectivity index (χ1n) is 3.99. The van der Waals surface area contributed by atoms with Crippen molar-refractivity contribution in [1.82, 2.24) is 0 Å². The van der Waals surface area contributed by atoms with E-state index in [2.05, 4.69) is 0 Å². The van der Waals surface area contributed by atoms with Crippen LogP contribution in [0.3, 0.4) is 0 Å². The molecule has 0 radical (unpaired) electrons. The van der Waals surface area contributed by atoms with Gasteiger partial charge in [-0.25, -0.2) is 0 Å². The predicted molar refractivity (Wildman–Crippen MR) is 57.3 cm³/mol. The van der Waals surface area contributed by atoms with Crippen molar-refractivity contribution in [2.24, 2.45) is 5.73 Å². The minimum Gasteiger partial charge on any atom is -0.503 e. The molecule has 1 unspecified atom stereocenters. The maximum atomic E-state index is 9.58. The molecular weight excluding hydrogens is 225 g/mol. The first kappa shape index (κ1) is 11.4. The lowest BCUT2D eigenvalue weighted by Gasteiger charge is -2.14. The summed E-state index contributed by atoms with van der Waals surface area (Å²) in [7, 11) is 1.42. The number of hydrogen-bond donors (Lipinski definition) is 2. The van der Waals surface area contributed by atoms with Crippen LogP contribution in [-0.4, -0.2) is 12.2 Å². The lowest BCUT2D eigenvalue weighted by atomic mass is 10.1. The lowest BCUT2D eigenvalue weighted by molar-refractivity contribution is 0.373. The van der Waals surface area contributed by atoms with Gasteiger partial charge in [0.05, 0.1) is 17.2 Å². The highest BCUT2D eigenvalue weighted by atomic mass is 35.5. The first-order valence-corrected chi connectivity index (χ1v) is 4.75. The molecule has 0 saturated heterocycles. The van der Waals surface area contributed by atoms with Gasteiger partial charge in [-0.1, -0.05) is 23.2 Å². The molecule has 3 nitrogen and oxygen atoms in total. The third kappa shape index (κ3) is 1.90. The Hall–Kier alpha value is -0.640. The van der Waals surface area contributed by atoms with E-state index in [1.807, 2.05) is 0 Å². The van der Waals surface area contributed by atoms with Crippen LogP contribution < -0.4 is 10.5 Å². The third-order valence-electron chi connectivity index (χ3n) is 1.87. The summed E-state index contributed by atoms with van der Waals surface area (Å²) in [5.74, 6) is 0.107. The van der Waals surface area contributed by atoms with Gasteiger partial charge >= 0.3 is 0 Å². The second-order valence-electron chi connectivity index (χ2n) is 2.93. The molecule has 14 heavy (non-hydrogen) atoms. The molecule has 0 aliphatic rings. The number of phenolic OH excluding ortho intramolecular Hbond substituents is 1. The summed E-state index contributed by atoms with van der Waals surface area (Å²) in [5.41, 5.74) is 6.18. The number of hydrogen-bond acceptors (Lipinski definition) is 3. The molecule has 0 heterocycles. The van der Waals surface area contributed by atoms with Crippen molar-refractivity contribution < 1.29 is 9.84 Å². The van der Waals surface area contributed by atoms with E-state index in [4.69, 9.17) is 33.7 Å². The van der Waals surface area contributed by atoms with E-state index in [1.54, 1.807) is 6.92 Å². The summed E-state index contributed by atoms with van der Waals surface area (Å²) in [5, 5.41) is 10.1. The Kier molecular flexibility index (Phi) is 3.48. The Morgan fingerprint density at radius 3 is 2.50 bits per heavy atom. The molecule has 5 heteroatoms. The quantitative estimate of drug-likeness (QED) is 0.829. The molecule has 3 N–H and O–H groups in total. The average Bonchev–Trinajstić information content (AvgIpc) is 2.10. The number of halogens is 2. The third-order valence-corrected chi connectivity index (χ3v) is 2.56. The fourth-order valence-corrected chi connectivity index (χ4v) is 1.96. The van der Waals surface area contributed by atoms with Gasteiger partial charge < -0.3 is 15.6 Å². The number of ether oxygens (including phenoxy) is 1. The number of nitrogens with two attached hydrogens (primary N) is 1. The number of phenols is 1. The normalized spacial score (nSPS) is 12.6. The van der Waals surface area contributed by atoms with Crippen LogP contribution >= 0.6 is 23.2 Å². The SMILES string of the molecule is COc1cc(Cl)c(C(C)N)c(Cl)c1O. The Balaban J connectivity index is 3.41. The zero-order valence-corrected chi connectivity index (χ0v) is 9.36. The summed E-state index contributed by atoms with van der Waals surface area (Å²) >= 11 is 11.8. The maximum Gasteiger partial charge on any atom is 0.177 e. The van der Waals surface area contributed by atoms with Crippen LogP contribution in [0.15, 0.2) is 6.07 Å². The Labute approximate surface area is 92.4 Å². The van der Waals surface area contributed by atoms with Crippen LogP contribution in [0.25, 0.3) is 0 Å². The molecule has 1 aromatic carbocycles. The van der Waals surface area contributed by atoms with Gasteiger partial charge in [-0.15, -0.1) is 0 Å². The second-order valence-corrected chi connectivity index (χ2v) is 3.71. The molecule has 0 aromatic heterocycles. The van der Waals surface area contributed by atoms with E-state index < -0.39 is 0 Å². The highest BCUT2D eigenvalue weighted by Crippen LogP contribution is 2.42. The van der Waals surface area contributed by atoms with E-state index in [-0.39, 0.29) is 22.6 Å². The van der Waals surface area contributed by atoms with Gasteiger partial charge in [-0.2, -0.15) is 0 Å². The summed E-state index contributed by atoms with van der Waals surface area (Å²) in [4.78, 5) is 0. The molecule has 0 aliphatic heterocycles. The summed E-state index contributed by atoms with van der Waals surface area (Å²) < 4.78 is 4.88. The fraction of sp³-hybridized carbons (Fsp3) is 0.333. The largest absolute Gasteiger partial charge is 0.503 e. The summed E-state index contributed by atoms with van der Waals surface area (Å²) in [6.45, 7) is 1.74. The van der Waals surface area contributed by atoms with E-state index in [1.165, 1.54) is 13.2 Å². The molecule has 1 atom stereocenters. The van der Waals surface area contributed by atoms with Crippen LogP contribution in [-0.2, 0) is 0 Å². The van der Waals surface area contributed by atoms with Gasteiger partial charge in [0.15, 0.2) is 11.5 Å². The molecule has 0 fully saturated rings. The zero-order chi connectivity index (χ0) is 10.9. The van der Waals surface area contributed by atoms with E-state index in [0.717, 1.165) is 0 Å². The average molecular weight is 236 g/mol. The number of methoxy groups -OCH3 is 1. The Morgan fingerprint density at radius 1 is 1.50 bits per heavy atom. The predicted octanol–water partition coefficient (Wildman–Crippen LogP) is 2.73. The molecule has 0 aliphatic carbocycles. The van der Waals surface area contributed by atoms with Gasteiger partial charge in [0.1, 0.15) is 0 Å². The van der Waals surface area contributed by atoms with Gasteiger partial charge in [0, 0.05) is 17.7 Å². The van der Waals surface area contributed by atoms with Gasteiger partial charge in [-0.05, 0) is 6.92 Å². The molecule has 78 valence electrons. The lowest BCUT2D eigenvalue weighted by Crippen LogP contribution is -2.06. The van der Waals surface area contributed by atoms with Crippen molar-refractivity contribution in [2.45, 2.75) is 13.0 Å². The van der Waals surface area contributed by atoms with Gasteiger partial charge in [-0.3, -0.25) is 0 Å². The molecule has 0 saturated carbocycles. The Bertz CT molecular complexity index is 353. The van der Waals surface area contributed by atoms with Crippen molar-refractivity contribution >= 4 is 23.2 Å². The van der Waals surface area contributed by atoms with Gasteiger partial charge in [0.25, 0.3) is 0 Å². The molecular formula is C9H11Cl2NO2. The van der Waals surface area contributed by atoms with Crippen LogP contribution in [0.5, 0.6) is 11.5 Å². The number of benzene rings is 1. The molecule has 0 spiro atoms. The maximum absolute atomic E-state index is 9.58. The molecule has 1 aromatic rings. The van der Waals surface area contributed by atoms with Crippen molar-refractivity contribution in [3.8, 4) is 11.5 Å². The fourth-order valence-electron chi connectivity index (χ4n) is 1.17. The van der Waals surface area contributed by atoms with Crippen LogP contribution in [0.4, 0.5) is 0 Å². The summed E-state index contributed by atoms with van der Waals surface area (Å²) in [6.07, 6.45) is 0. The van der Waals surface area contributed by atoms with E-state index in [9.17, 15) is 5.11 Å². The van der Waals surface area contributed by atoms with Crippen LogP contribution in [0, 0.1) is 0 Å². The first-order chi connectivity index (χ1) is 6.49. The topological polar surface area (TPSA) is 55.5 Å². The molecule has 0 bridgehead atoms. The highest BCUT2D eigenvalue weighted by Gasteiger charge is 2.18. The standard InChI is InChI=1S/C9H11Cl2NO2/c1-4(12)7-5(10)3-6(14-2)9(13)8(7)11/h3-4,13H,12H2,1-2H3. The smallest absolute Gasteiger partial charge is 0.177 e. The molecule has 1 rings (SSSR count). The summed E-state index contributed by atoms with van der Waals surface area (Å²) in [6, 6.07) is 1.15. The number of aromatic hydroxyl groups is 1. The van der Waals surface area contributed by atoms with Crippen molar-refractivity contribution in [2.75, 3.05) is 7.11 Å². The Morgan fingerprint density at radius 2 is 2.07 bits per heavy atom.